The van der Waals surface area contributed by atoms with Crippen LogP contribution in [0.4, 0.5) is 4.79 Å². The molecule has 0 bridgehead atoms. The molecule has 6 heteroatoms. The van der Waals surface area contributed by atoms with Crippen molar-refractivity contribution in [3.63, 3.8) is 0 Å². The Kier molecular flexibility index (Phi) is 4.31. The highest BCUT2D eigenvalue weighted by molar-refractivity contribution is 5.75. The first-order valence-electron chi connectivity index (χ1n) is 8.66. The molecule has 3 N–H and O–H groups in total. The van der Waals surface area contributed by atoms with Crippen molar-refractivity contribution in [1.29, 1.82) is 0 Å². The molecule has 1 aliphatic rings. The molecule has 2 aromatic carbocycles. The Labute approximate surface area is 150 Å². The van der Waals surface area contributed by atoms with E-state index in [-0.39, 0.29) is 17.6 Å². The second-order valence-electron chi connectivity index (χ2n) is 6.41. The van der Waals surface area contributed by atoms with Gasteiger partial charge in [0.05, 0.1) is 18.2 Å². The molecule has 0 unspecified atom stereocenters. The zero-order chi connectivity index (χ0) is 17.9. The summed E-state index contributed by atoms with van der Waals surface area (Å²) in [6.07, 6.45) is 0.642. The van der Waals surface area contributed by atoms with E-state index >= 15 is 0 Å². The summed E-state index contributed by atoms with van der Waals surface area (Å²) in [5.41, 5.74) is 3.41. The molecule has 0 atom stereocenters. The predicted octanol–water partition coefficient (Wildman–Crippen LogP) is 2.56. The molecule has 3 aromatic rings. The molecule has 6 nitrogen and oxygen atoms in total. The van der Waals surface area contributed by atoms with Gasteiger partial charge in [-0.25, -0.2) is 4.79 Å². The zero-order valence-electron chi connectivity index (χ0n) is 14.2. The van der Waals surface area contributed by atoms with Crippen molar-refractivity contribution in [2.45, 2.75) is 19.0 Å². The standard InChI is InChI=1S/C20H20N4O2/c25-19-16-13-24(12-11-17(16)22-23-19)20(26)21-18(14-7-3-1-4-8-14)15-9-5-2-6-10-15/h1-10,18H,11-13H2,(H,21,26)(H2,22,23,25). The summed E-state index contributed by atoms with van der Waals surface area (Å²) >= 11 is 0. The average Bonchev–Trinajstić information content (AvgIpc) is 3.07. The molecule has 4 rings (SSSR count). The summed E-state index contributed by atoms with van der Waals surface area (Å²) in [7, 11) is 0. The largest absolute Gasteiger partial charge is 0.327 e. The van der Waals surface area contributed by atoms with Gasteiger partial charge in [-0.3, -0.25) is 9.89 Å². The number of carbonyl (C=O) groups excluding carboxylic acids is 1. The Morgan fingerprint density at radius 1 is 0.962 bits per heavy atom. The van der Waals surface area contributed by atoms with Gasteiger partial charge in [0.1, 0.15) is 0 Å². The van der Waals surface area contributed by atoms with Crippen LogP contribution >= 0.6 is 0 Å². The van der Waals surface area contributed by atoms with Gasteiger partial charge in [0, 0.05) is 18.7 Å². The van der Waals surface area contributed by atoms with Gasteiger partial charge >= 0.3 is 6.03 Å². The number of rotatable bonds is 3. The number of nitrogens with zero attached hydrogens (tertiary/aromatic N) is 1. The van der Waals surface area contributed by atoms with Crippen molar-refractivity contribution in [1.82, 2.24) is 20.4 Å². The van der Waals surface area contributed by atoms with Gasteiger partial charge in [-0.2, -0.15) is 0 Å². The second kappa shape index (κ2) is 6.92. The molecule has 0 spiro atoms. The fraction of sp³-hybridized carbons (Fsp3) is 0.200. The van der Waals surface area contributed by atoms with Gasteiger partial charge in [-0.05, 0) is 11.1 Å². The van der Waals surface area contributed by atoms with Crippen LogP contribution in [0.1, 0.15) is 28.4 Å². The van der Waals surface area contributed by atoms with Crippen LogP contribution in [0.25, 0.3) is 0 Å². The van der Waals surface area contributed by atoms with E-state index in [1.165, 1.54) is 0 Å². The Morgan fingerprint density at radius 3 is 2.19 bits per heavy atom. The van der Waals surface area contributed by atoms with Crippen LogP contribution in [-0.2, 0) is 13.0 Å². The Bertz CT molecular complexity index is 907. The number of amides is 2. The topological polar surface area (TPSA) is 81.0 Å². The number of carbonyl (C=O) groups is 1. The van der Waals surface area contributed by atoms with Crippen LogP contribution in [0.15, 0.2) is 65.5 Å². The van der Waals surface area contributed by atoms with Crippen molar-refractivity contribution >= 4 is 6.03 Å². The van der Waals surface area contributed by atoms with E-state index in [2.05, 4.69) is 15.5 Å². The molecule has 2 heterocycles. The maximum absolute atomic E-state index is 12.9. The Morgan fingerprint density at radius 2 is 1.58 bits per heavy atom. The zero-order valence-corrected chi connectivity index (χ0v) is 14.2. The summed E-state index contributed by atoms with van der Waals surface area (Å²) in [6, 6.07) is 19.4. The minimum Gasteiger partial charge on any atom is -0.327 e. The Balaban J connectivity index is 1.57. The van der Waals surface area contributed by atoms with Gasteiger partial charge in [-0.1, -0.05) is 60.7 Å². The van der Waals surface area contributed by atoms with Crippen LogP contribution in [0.3, 0.4) is 0 Å². The van der Waals surface area contributed by atoms with E-state index < -0.39 is 0 Å². The highest BCUT2D eigenvalue weighted by atomic mass is 16.2. The van der Waals surface area contributed by atoms with Gasteiger partial charge < -0.3 is 15.3 Å². The molecular formula is C20H20N4O2. The van der Waals surface area contributed by atoms with Gasteiger partial charge in [0.2, 0.25) is 0 Å². The van der Waals surface area contributed by atoms with Crippen molar-refractivity contribution < 1.29 is 4.79 Å². The number of aromatic nitrogens is 2. The third kappa shape index (κ3) is 3.13. The molecule has 26 heavy (non-hydrogen) atoms. The molecular weight excluding hydrogens is 328 g/mol. The smallest absolute Gasteiger partial charge is 0.318 e. The second-order valence-corrected chi connectivity index (χ2v) is 6.41. The van der Waals surface area contributed by atoms with E-state index in [9.17, 15) is 9.59 Å². The molecule has 2 amide bonds. The lowest BCUT2D eigenvalue weighted by atomic mass is 9.99. The van der Waals surface area contributed by atoms with E-state index in [0.717, 1.165) is 16.8 Å². The first-order valence-corrected chi connectivity index (χ1v) is 8.66. The lowest BCUT2D eigenvalue weighted by Crippen LogP contribution is -2.45. The average molecular weight is 348 g/mol. The van der Waals surface area contributed by atoms with Crippen LogP contribution in [0.2, 0.25) is 0 Å². The van der Waals surface area contributed by atoms with Crippen molar-refractivity contribution in [3.05, 3.63) is 93.4 Å². The number of benzene rings is 2. The molecule has 1 aromatic heterocycles. The minimum absolute atomic E-state index is 0.153. The van der Waals surface area contributed by atoms with E-state index in [1.54, 1.807) is 4.90 Å². The monoisotopic (exact) mass is 348 g/mol. The van der Waals surface area contributed by atoms with Crippen molar-refractivity contribution in [2.24, 2.45) is 0 Å². The summed E-state index contributed by atoms with van der Waals surface area (Å²) < 4.78 is 0. The molecule has 0 saturated carbocycles. The highest BCUT2D eigenvalue weighted by Crippen LogP contribution is 2.23. The molecule has 1 aliphatic heterocycles. The normalized spacial score (nSPS) is 13.5. The van der Waals surface area contributed by atoms with Crippen LogP contribution in [0, 0.1) is 0 Å². The third-order valence-corrected chi connectivity index (χ3v) is 4.77. The van der Waals surface area contributed by atoms with Crippen LogP contribution in [0.5, 0.6) is 0 Å². The first kappa shape index (κ1) is 16.2. The highest BCUT2D eigenvalue weighted by Gasteiger charge is 2.26. The van der Waals surface area contributed by atoms with Gasteiger partial charge in [0.15, 0.2) is 0 Å². The number of hydrogen-bond donors (Lipinski definition) is 3. The molecule has 0 saturated heterocycles. The summed E-state index contributed by atoms with van der Waals surface area (Å²) in [5, 5.41) is 8.60. The fourth-order valence-electron chi connectivity index (χ4n) is 3.36. The van der Waals surface area contributed by atoms with Gasteiger partial charge in [-0.15, -0.1) is 0 Å². The first-order chi connectivity index (χ1) is 12.7. The SMILES string of the molecule is O=C(NC(c1ccccc1)c1ccccc1)N1CCc2[nH][nH]c(=O)c2C1. The maximum atomic E-state index is 12.9. The van der Waals surface area contributed by atoms with E-state index in [1.807, 2.05) is 60.7 Å². The quantitative estimate of drug-likeness (QED) is 0.680. The van der Waals surface area contributed by atoms with Gasteiger partial charge in [0.25, 0.3) is 5.56 Å². The molecule has 0 fully saturated rings. The predicted molar refractivity (Wildman–Crippen MR) is 98.8 cm³/mol. The molecule has 132 valence electrons. The number of hydrogen-bond acceptors (Lipinski definition) is 2. The summed E-state index contributed by atoms with van der Waals surface area (Å²) in [5.74, 6) is 0. The number of H-pyrrole nitrogens is 2. The van der Waals surface area contributed by atoms with Crippen LogP contribution < -0.4 is 10.9 Å². The lowest BCUT2D eigenvalue weighted by molar-refractivity contribution is 0.189. The van der Waals surface area contributed by atoms with E-state index in [4.69, 9.17) is 0 Å². The van der Waals surface area contributed by atoms with Crippen LogP contribution in [-0.4, -0.2) is 27.7 Å². The number of nitrogens with one attached hydrogen (secondary N) is 3. The number of urea groups is 1. The lowest BCUT2D eigenvalue weighted by Gasteiger charge is -2.29. The van der Waals surface area contributed by atoms with Crippen molar-refractivity contribution in [3.8, 4) is 0 Å². The fourth-order valence-corrected chi connectivity index (χ4v) is 3.36. The third-order valence-electron chi connectivity index (χ3n) is 4.77. The summed E-state index contributed by atoms with van der Waals surface area (Å²) in [6.45, 7) is 0.888. The molecule has 0 aliphatic carbocycles. The minimum atomic E-state index is -0.240. The molecule has 0 radical (unpaired) electrons. The number of fused-ring (bicyclic) bond motifs is 1. The van der Waals surface area contributed by atoms with E-state index in [0.29, 0.717) is 25.1 Å². The Hall–Kier alpha value is -3.28. The number of aromatic amines is 2. The summed E-state index contributed by atoms with van der Waals surface area (Å²) in [4.78, 5) is 26.4. The maximum Gasteiger partial charge on any atom is 0.318 e. The van der Waals surface area contributed by atoms with Crippen molar-refractivity contribution in [2.75, 3.05) is 6.54 Å².